The van der Waals surface area contributed by atoms with Crippen LogP contribution in [0.2, 0.25) is 0 Å². The van der Waals surface area contributed by atoms with Gasteiger partial charge in [-0.1, -0.05) is 6.07 Å². The Morgan fingerprint density at radius 2 is 2.14 bits per heavy atom. The summed E-state index contributed by atoms with van der Waals surface area (Å²) in [5.41, 5.74) is 8.72. The van der Waals surface area contributed by atoms with E-state index in [1.807, 2.05) is 13.0 Å². The number of aryl methyl sites for hydroxylation is 1. The highest BCUT2D eigenvalue weighted by molar-refractivity contribution is 5.85. The Morgan fingerprint density at radius 3 is 2.91 bits per heavy atom. The molecule has 1 aliphatic rings. The minimum absolute atomic E-state index is 0. The minimum Gasteiger partial charge on any atom is -0.494 e. The van der Waals surface area contributed by atoms with E-state index in [2.05, 4.69) is 12.1 Å². The van der Waals surface area contributed by atoms with E-state index in [4.69, 9.17) is 15.2 Å². The first-order valence-electron chi connectivity index (χ1n) is 7.85. The van der Waals surface area contributed by atoms with E-state index >= 15 is 0 Å². The van der Waals surface area contributed by atoms with Gasteiger partial charge < -0.3 is 15.2 Å². The summed E-state index contributed by atoms with van der Waals surface area (Å²) in [5.74, 6) is 0.777. The molecule has 0 bridgehead atoms. The highest BCUT2D eigenvalue weighted by Gasteiger charge is 2.15. The van der Waals surface area contributed by atoms with Crippen LogP contribution in [0.25, 0.3) is 0 Å². The second kappa shape index (κ2) is 9.70. The second-order valence-corrected chi connectivity index (χ2v) is 5.54. The van der Waals surface area contributed by atoms with Gasteiger partial charge in [0.2, 0.25) is 0 Å². The van der Waals surface area contributed by atoms with Crippen molar-refractivity contribution in [2.45, 2.75) is 51.5 Å². The maximum atomic E-state index is 11.2. The number of hydrogen-bond acceptors (Lipinski definition) is 4. The number of rotatable bonds is 7. The SMILES string of the molecule is CCOC(=O)CCCCOc1ccc2c(c1)C[C@@H](N)CC2.Cl. The van der Waals surface area contributed by atoms with Crippen molar-refractivity contribution in [1.82, 2.24) is 0 Å². The standard InChI is InChI=1S/C17H25NO3.ClH/c1-2-20-17(19)5-3-4-10-21-16-9-7-13-6-8-15(18)11-14(13)12-16;/h7,9,12,15H,2-6,8,10-11,18H2,1H3;1H/t15-;/m0./s1. The van der Waals surface area contributed by atoms with Gasteiger partial charge in [0.1, 0.15) is 5.75 Å². The molecule has 22 heavy (non-hydrogen) atoms. The predicted molar refractivity (Wildman–Crippen MR) is 89.7 cm³/mol. The van der Waals surface area contributed by atoms with E-state index < -0.39 is 0 Å². The fraction of sp³-hybridized carbons (Fsp3) is 0.588. The molecule has 0 radical (unpaired) electrons. The van der Waals surface area contributed by atoms with Gasteiger partial charge in [0.25, 0.3) is 0 Å². The van der Waals surface area contributed by atoms with Crippen LogP contribution < -0.4 is 10.5 Å². The summed E-state index contributed by atoms with van der Waals surface area (Å²) < 4.78 is 10.6. The Kier molecular flexibility index (Phi) is 8.28. The minimum atomic E-state index is -0.125. The largest absolute Gasteiger partial charge is 0.494 e. The number of esters is 1. The third-order valence-electron chi connectivity index (χ3n) is 3.79. The van der Waals surface area contributed by atoms with Crippen molar-refractivity contribution in [2.75, 3.05) is 13.2 Å². The van der Waals surface area contributed by atoms with E-state index in [9.17, 15) is 4.79 Å². The molecule has 0 fully saturated rings. The average Bonchev–Trinajstić information content (AvgIpc) is 2.46. The zero-order chi connectivity index (χ0) is 15.1. The quantitative estimate of drug-likeness (QED) is 0.617. The van der Waals surface area contributed by atoms with E-state index in [0.717, 1.165) is 37.9 Å². The van der Waals surface area contributed by atoms with Crippen LogP contribution in [0.3, 0.4) is 0 Å². The molecule has 124 valence electrons. The molecule has 2 rings (SSSR count). The van der Waals surface area contributed by atoms with E-state index in [1.165, 1.54) is 11.1 Å². The molecule has 0 unspecified atom stereocenters. The van der Waals surface area contributed by atoms with Crippen molar-refractivity contribution in [3.05, 3.63) is 29.3 Å². The molecule has 5 heteroatoms. The smallest absolute Gasteiger partial charge is 0.305 e. The van der Waals surface area contributed by atoms with Crippen LogP contribution in [0.5, 0.6) is 5.75 Å². The summed E-state index contributed by atoms with van der Waals surface area (Å²) in [6, 6.07) is 6.56. The first-order chi connectivity index (χ1) is 10.2. The molecular formula is C17H26ClNO3. The van der Waals surface area contributed by atoms with Crippen LogP contribution in [0.15, 0.2) is 18.2 Å². The number of benzene rings is 1. The highest BCUT2D eigenvalue weighted by Crippen LogP contribution is 2.25. The summed E-state index contributed by atoms with van der Waals surface area (Å²) in [5, 5.41) is 0. The monoisotopic (exact) mass is 327 g/mol. The van der Waals surface area contributed by atoms with Crippen LogP contribution in [0.1, 0.15) is 43.7 Å². The van der Waals surface area contributed by atoms with E-state index in [0.29, 0.717) is 19.6 Å². The lowest BCUT2D eigenvalue weighted by molar-refractivity contribution is -0.143. The molecular weight excluding hydrogens is 302 g/mol. The Balaban J connectivity index is 0.00000242. The molecule has 0 aromatic heterocycles. The third kappa shape index (κ3) is 5.85. The normalized spacial score (nSPS) is 16.4. The number of ether oxygens (including phenoxy) is 2. The molecule has 0 saturated carbocycles. The van der Waals surface area contributed by atoms with Crippen molar-refractivity contribution < 1.29 is 14.3 Å². The lowest BCUT2D eigenvalue weighted by Crippen LogP contribution is -2.27. The third-order valence-corrected chi connectivity index (χ3v) is 3.79. The van der Waals surface area contributed by atoms with Gasteiger partial charge in [0.15, 0.2) is 0 Å². The Labute approximate surface area is 138 Å². The molecule has 1 aliphatic carbocycles. The number of nitrogens with two attached hydrogens (primary N) is 1. The van der Waals surface area contributed by atoms with Crippen LogP contribution in [-0.4, -0.2) is 25.2 Å². The molecule has 4 nitrogen and oxygen atoms in total. The molecule has 0 aliphatic heterocycles. The number of fused-ring (bicyclic) bond motifs is 1. The summed E-state index contributed by atoms with van der Waals surface area (Å²) >= 11 is 0. The van der Waals surface area contributed by atoms with Gasteiger partial charge >= 0.3 is 5.97 Å². The fourth-order valence-electron chi connectivity index (χ4n) is 2.65. The molecule has 1 atom stereocenters. The van der Waals surface area contributed by atoms with Gasteiger partial charge in [0, 0.05) is 12.5 Å². The Morgan fingerprint density at radius 1 is 1.32 bits per heavy atom. The van der Waals surface area contributed by atoms with Crippen molar-refractivity contribution in [3.63, 3.8) is 0 Å². The van der Waals surface area contributed by atoms with Gasteiger partial charge in [-0.25, -0.2) is 0 Å². The predicted octanol–water partition coefficient (Wildman–Crippen LogP) is 3.04. The fourth-order valence-corrected chi connectivity index (χ4v) is 2.65. The molecule has 0 saturated heterocycles. The average molecular weight is 328 g/mol. The van der Waals surface area contributed by atoms with Crippen LogP contribution >= 0.6 is 12.4 Å². The molecule has 2 N–H and O–H groups in total. The van der Waals surface area contributed by atoms with Crippen molar-refractivity contribution in [3.8, 4) is 5.75 Å². The first-order valence-corrected chi connectivity index (χ1v) is 7.85. The number of hydrogen-bond donors (Lipinski definition) is 1. The zero-order valence-electron chi connectivity index (χ0n) is 13.2. The number of halogens is 1. The Hall–Kier alpha value is -1.26. The van der Waals surface area contributed by atoms with Gasteiger partial charge in [-0.15, -0.1) is 12.4 Å². The van der Waals surface area contributed by atoms with E-state index in [1.54, 1.807) is 0 Å². The van der Waals surface area contributed by atoms with Gasteiger partial charge in [-0.2, -0.15) is 0 Å². The lowest BCUT2D eigenvalue weighted by Gasteiger charge is -2.22. The maximum absolute atomic E-state index is 11.2. The zero-order valence-corrected chi connectivity index (χ0v) is 14.0. The van der Waals surface area contributed by atoms with Gasteiger partial charge in [-0.3, -0.25) is 4.79 Å². The summed E-state index contributed by atoms with van der Waals surface area (Å²) in [7, 11) is 0. The second-order valence-electron chi connectivity index (χ2n) is 5.54. The van der Waals surface area contributed by atoms with Gasteiger partial charge in [0.05, 0.1) is 13.2 Å². The molecule has 1 aromatic rings. The summed E-state index contributed by atoms with van der Waals surface area (Å²) in [6.07, 6.45) is 5.20. The molecule has 0 spiro atoms. The number of unbranched alkanes of at least 4 members (excludes halogenated alkanes) is 1. The number of carbonyl (C=O) groups is 1. The lowest BCUT2D eigenvalue weighted by atomic mass is 9.89. The molecule has 0 heterocycles. The highest BCUT2D eigenvalue weighted by atomic mass is 35.5. The van der Waals surface area contributed by atoms with Crippen LogP contribution in [0.4, 0.5) is 0 Å². The number of carbonyl (C=O) groups excluding carboxylic acids is 1. The Bertz CT molecular complexity index is 479. The summed E-state index contributed by atoms with van der Waals surface area (Å²) in [6.45, 7) is 2.90. The van der Waals surface area contributed by atoms with Crippen molar-refractivity contribution in [2.24, 2.45) is 5.73 Å². The van der Waals surface area contributed by atoms with E-state index in [-0.39, 0.29) is 24.4 Å². The molecule has 1 aromatic carbocycles. The van der Waals surface area contributed by atoms with Crippen molar-refractivity contribution >= 4 is 18.4 Å². The van der Waals surface area contributed by atoms with Gasteiger partial charge in [-0.05, 0) is 62.3 Å². The van der Waals surface area contributed by atoms with Crippen molar-refractivity contribution in [1.29, 1.82) is 0 Å². The summed E-state index contributed by atoms with van der Waals surface area (Å²) in [4.78, 5) is 11.2. The first kappa shape index (κ1) is 18.8. The van der Waals surface area contributed by atoms with Crippen LogP contribution in [-0.2, 0) is 22.4 Å². The molecule has 0 amide bonds. The maximum Gasteiger partial charge on any atom is 0.305 e. The topological polar surface area (TPSA) is 61.5 Å². The van der Waals surface area contributed by atoms with Crippen LogP contribution in [0, 0.1) is 0 Å².